The number of aromatic nitrogens is 7. The van der Waals surface area contributed by atoms with Crippen LogP contribution in [0.15, 0.2) is 72.8 Å². The lowest BCUT2D eigenvalue weighted by Crippen LogP contribution is -2.07. The van der Waals surface area contributed by atoms with Crippen LogP contribution >= 0.6 is 0 Å². The summed E-state index contributed by atoms with van der Waals surface area (Å²) in [7, 11) is 0. The number of hydrogen-bond donors (Lipinski definition) is 2. The number of benzene rings is 3. The smallest absolute Gasteiger partial charge is 0.310 e. The van der Waals surface area contributed by atoms with Crippen molar-refractivity contribution in [3.05, 3.63) is 89.7 Å². The number of H-pyrrole nitrogens is 1. The minimum Gasteiger partial charge on any atom is -0.481 e. The van der Waals surface area contributed by atoms with E-state index in [9.17, 15) is 9.90 Å². The second-order valence-corrected chi connectivity index (χ2v) is 8.52. The van der Waals surface area contributed by atoms with Crippen LogP contribution in [0.4, 0.5) is 0 Å². The number of tetrazole rings is 1. The van der Waals surface area contributed by atoms with Crippen LogP contribution in [-0.2, 0) is 17.8 Å². The fraction of sp³-hybridized carbons (Fsp3) is 0.185. The van der Waals surface area contributed by atoms with Gasteiger partial charge in [-0.05, 0) is 34.4 Å². The first-order valence-electron chi connectivity index (χ1n) is 11.7. The molecule has 5 rings (SSSR count). The maximum atomic E-state index is 11.3. The third kappa shape index (κ3) is 4.63. The number of rotatable bonds is 8. The third-order valence-electron chi connectivity index (χ3n) is 6.18. The zero-order valence-electron chi connectivity index (χ0n) is 20.0. The molecule has 36 heavy (non-hydrogen) atoms. The Hall–Kier alpha value is -4.66. The van der Waals surface area contributed by atoms with Crippen LogP contribution in [0.25, 0.3) is 33.9 Å². The van der Waals surface area contributed by atoms with Crippen molar-refractivity contribution in [2.75, 3.05) is 0 Å². The first kappa shape index (κ1) is 23.1. The average Bonchev–Trinajstić information content (AvgIpc) is 3.59. The van der Waals surface area contributed by atoms with Crippen molar-refractivity contribution in [1.82, 2.24) is 35.4 Å². The van der Waals surface area contributed by atoms with Crippen molar-refractivity contribution in [2.45, 2.75) is 32.7 Å². The van der Waals surface area contributed by atoms with E-state index in [2.05, 4.69) is 44.9 Å². The molecule has 2 aromatic heterocycles. The van der Waals surface area contributed by atoms with Crippen molar-refractivity contribution in [3.63, 3.8) is 0 Å². The molecule has 0 saturated carbocycles. The minimum absolute atomic E-state index is 0.554. The molecule has 2 heterocycles. The normalized spacial score (nSPS) is 11.9. The molecule has 3 aromatic carbocycles. The number of nitrogens with zero attached hydrogens (tertiary/aromatic N) is 6. The molecule has 0 saturated heterocycles. The van der Waals surface area contributed by atoms with Crippen molar-refractivity contribution in [2.24, 2.45) is 0 Å². The molecule has 0 radical (unpaired) electrons. The Balaban J connectivity index is 1.41. The highest BCUT2D eigenvalue weighted by Gasteiger charge is 2.16. The lowest BCUT2D eigenvalue weighted by Gasteiger charge is -2.10. The van der Waals surface area contributed by atoms with Gasteiger partial charge in [0, 0.05) is 17.5 Å². The molecule has 0 spiro atoms. The van der Waals surface area contributed by atoms with Gasteiger partial charge in [-0.2, -0.15) is 10.3 Å². The number of aryl methyl sites for hydroxylation is 1. The first-order chi connectivity index (χ1) is 17.5. The fourth-order valence-corrected chi connectivity index (χ4v) is 4.09. The maximum Gasteiger partial charge on any atom is 0.310 e. The Labute approximate surface area is 207 Å². The third-order valence-corrected chi connectivity index (χ3v) is 6.18. The zero-order chi connectivity index (χ0) is 25.1. The SMILES string of the molecule is CCc1nc(-c2ccc(C(C)C(=O)O)cc2)n(Cc2ccc(-c3ccccc3-c3nn[nH]n3)cc2)n1. The van der Waals surface area contributed by atoms with Crippen LogP contribution in [0.3, 0.4) is 0 Å². The van der Waals surface area contributed by atoms with Gasteiger partial charge in [-0.25, -0.2) is 9.67 Å². The van der Waals surface area contributed by atoms with Gasteiger partial charge in [-0.15, -0.1) is 10.2 Å². The summed E-state index contributed by atoms with van der Waals surface area (Å²) in [6.07, 6.45) is 0.722. The van der Waals surface area contributed by atoms with Crippen LogP contribution in [0, 0.1) is 0 Å². The second-order valence-electron chi connectivity index (χ2n) is 8.52. The Morgan fingerprint density at radius 1 is 0.972 bits per heavy atom. The summed E-state index contributed by atoms with van der Waals surface area (Å²) in [4.78, 5) is 16.0. The van der Waals surface area contributed by atoms with Crippen molar-refractivity contribution in [3.8, 4) is 33.9 Å². The van der Waals surface area contributed by atoms with Crippen LogP contribution < -0.4 is 0 Å². The van der Waals surface area contributed by atoms with E-state index in [1.54, 1.807) is 6.92 Å². The largest absolute Gasteiger partial charge is 0.481 e. The van der Waals surface area contributed by atoms with E-state index in [0.717, 1.165) is 51.5 Å². The average molecular weight is 480 g/mol. The highest BCUT2D eigenvalue weighted by Crippen LogP contribution is 2.30. The molecule has 0 amide bonds. The molecular formula is C27H25N7O2. The van der Waals surface area contributed by atoms with E-state index in [4.69, 9.17) is 10.1 Å². The van der Waals surface area contributed by atoms with E-state index >= 15 is 0 Å². The molecule has 9 nitrogen and oxygen atoms in total. The van der Waals surface area contributed by atoms with Crippen LogP contribution in [0.1, 0.15) is 36.7 Å². The lowest BCUT2D eigenvalue weighted by atomic mass is 9.98. The summed E-state index contributed by atoms with van der Waals surface area (Å²) in [5, 5.41) is 28.4. The van der Waals surface area contributed by atoms with E-state index in [-0.39, 0.29) is 0 Å². The Bertz CT molecular complexity index is 1470. The lowest BCUT2D eigenvalue weighted by molar-refractivity contribution is -0.138. The number of aliphatic carboxylic acids is 1. The molecule has 1 atom stereocenters. The predicted molar refractivity (Wildman–Crippen MR) is 135 cm³/mol. The fourth-order valence-electron chi connectivity index (χ4n) is 4.09. The second kappa shape index (κ2) is 9.91. The van der Waals surface area contributed by atoms with Gasteiger partial charge in [0.1, 0.15) is 0 Å². The van der Waals surface area contributed by atoms with Crippen LogP contribution in [-0.4, -0.2) is 46.5 Å². The van der Waals surface area contributed by atoms with E-state index in [1.165, 1.54) is 0 Å². The first-order valence-corrected chi connectivity index (χ1v) is 11.7. The van der Waals surface area contributed by atoms with Gasteiger partial charge in [0.05, 0.1) is 12.5 Å². The molecule has 0 aliphatic carbocycles. The van der Waals surface area contributed by atoms with Gasteiger partial charge in [-0.1, -0.05) is 79.7 Å². The summed E-state index contributed by atoms with van der Waals surface area (Å²) in [5.41, 5.74) is 5.72. The monoisotopic (exact) mass is 479 g/mol. The number of nitrogens with one attached hydrogen (secondary N) is 1. The summed E-state index contributed by atoms with van der Waals surface area (Å²) in [6, 6.07) is 23.8. The van der Waals surface area contributed by atoms with Crippen molar-refractivity contribution >= 4 is 5.97 Å². The molecule has 0 aliphatic rings. The molecule has 1 unspecified atom stereocenters. The standard InChI is InChI=1S/C27H25N7O2/c1-3-24-28-26(21-14-12-19(13-15-21)17(2)27(35)36)34(31-24)16-18-8-10-20(11-9-18)22-6-4-5-7-23(22)25-29-32-33-30-25/h4-15,17H,3,16H2,1-2H3,(H,35,36)(H,29,30,32,33). The van der Waals surface area contributed by atoms with Gasteiger partial charge in [0.15, 0.2) is 11.6 Å². The van der Waals surface area contributed by atoms with Gasteiger partial charge >= 0.3 is 5.97 Å². The predicted octanol–water partition coefficient (Wildman–Crippen LogP) is 4.59. The molecule has 0 fully saturated rings. The van der Waals surface area contributed by atoms with Crippen LogP contribution in [0.5, 0.6) is 0 Å². The summed E-state index contributed by atoms with van der Waals surface area (Å²) < 4.78 is 1.90. The molecule has 5 aromatic rings. The highest BCUT2D eigenvalue weighted by atomic mass is 16.4. The van der Waals surface area contributed by atoms with Gasteiger partial charge < -0.3 is 5.11 Å². The highest BCUT2D eigenvalue weighted by molar-refractivity contribution is 5.80. The van der Waals surface area contributed by atoms with E-state index < -0.39 is 11.9 Å². The number of carboxylic acids is 1. The Morgan fingerprint density at radius 3 is 2.31 bits per heavy atom. The zero-order valence-corrected chi connectivity index (χ0v) is 20.0. The van der Waals surface area contributed by atoms with Gasteiger partial charge in [-0.3, -0.25) is 4.79 Å². The maximum absolute atomic E-state index is 11.3. The van der Waals surface area contributed by atoms with Crippen LogP contribution in [0.2, 0.25) is 0 Å². The minimum atomic E-state index is -0.845. The molecule has 9 heteroatoms. The molecule has 2 N–H and O–H groups in total. The quantitative estimate of drug-likeness (QED) is 0.334. The van der Waals surface area contributed by atoms with Gasteiger partial charge in [0.2, 0.25) is 5.82 Å². The Kier molecular flexibility index (Phi) is 6.36. The number of hydrogen-bond acceptors (Lipinski definition) is 6. The Morgan fingerprint density at radius 2 is 1.67 bits per heavy atom. The summed E-state index contributed by atoms with van der Waals surface area (Å²) >= 11 is 0. The summed E-state index contributed by atoms with van der Waals surface area (Å²) in [6.45, 7) is 4.26. The molecule has 180 valence electrons. The topological polar surface area (TPSA) is 122 Å². The van der Waals surface area contributed by atoms with Gasteiger partial charge in [0.25, 0.3) is 0 Å². The molecule has 0 aliphatic heterocycles. The van der Waals surface area contributed by atoms with Crippen molar-refractivity contribution < 1.29 is 9.90 Å². The number of carboxylic acid groups (broad SMARTS) is 1. The molecule has 0 bridgehead atoms. The van der Waals surface area contributed by atoms with Crippen molar-refractivity contribution in [1.29, 1.82) is 0 Å². The summed E-state index contributed by atoms with van der Waals surface area (Å²) in [5.74, 6) is 0.665. The molecular weight excluding hydrogens is 454 g/mol. The van der Waals surface area contributed by atoms with E-state index in [0.29, 0.717) is 12.4 Å². The van der Waals surface area contributed by atoms with E-state index in [1.807, 2.05) is 60.1 Å². The number of carbonyl (C=O) groups is 1. The number of aromatic amines is 1.